The molecule has 0 atom stereocenters. The first-order valence-corrected chi connectivity index (χ1v) is 10.9. The average Bonchev–Trinajstić information content (AvgIpc) is 2.82. The van der Waals surface area contributed by atoms with E-state index in [-0.39, 0.29) is 0 Å². The van der Waals surface area contributed by atoms with Gasteiger partial charge in [0.05, 0.1) is 0 Å². The fourth-order valence-corrected chi connectivity index (χ4v) is 4.03. The van der Waals surface area contributed by atoms with Crippen LogP contribution in [0.4, 0.5) is 5.95 Å². The molecule has 4 rings (SSSR count). The van der Waals surface area contributed by atoms with E-state index < -0.39 is 0 Å². The van der Waals surface area contributed by atoms with E-state index in [0.717, 1.165) is 62.4 Å². The Balaban J connectivity index is 1.24. The minimum atomic E-state index is 0.328. The average molecular weight is 410 g/mol. The molecule has 2 fully saturated rings. The van der Waals surface area contributed by atoms with Crippen LogP contribution in [0.25, 0.3) is 0 Å². The number of aliphatic imine (C=N–C) groups is 1. The van der Waals surface area contributed by atoms with Crippen LogP contribution in [0.2, 0.25) is 0 Å². The molecule has 0 bridgehead atoms. The van der Waals surface area contributed by atoms with Gasteiger partial charge in [0.1, 0.15) is 6.10 Å². The highest BCUT2D eigenvalue weighted by molar-refractivity contribution is 5.80. The molecule has 0 radical (unpaired) electrons. The Hall–Kier alpha value is -2.90. The zero-order chi connectivity index (χ0) is 20.6. The molecule has 0 unspecified atom stereocenters. The lowest BCUT2D eigenvalue weighted by Crippen LogP contribution is -2.52. The maximum atomic E-state index is 6.02. The lowest BCUT2D eigenvalue weighted by Gasteiger charge is -2.36. The summed E-state index contributed by atoms with van der Waals surface area (Å²) in [6.45, 7) is 4.19. The van der Waals surface area contributed by atoms with Crippen LogP contribution in [0.15, 0.2) is 41.8 Å². The fraction of sp³-hybridized carbons (Fsp3) is 0.545. The second-order valence-corrected chi connectivity index (χ2v) is 7.81. The maximum absolute atomic E-state index is 6.02. The van der Waals surface area contributed by atoms with E-state index >= 15 is 0 Å². The van der Waals surface area contributed by atoms with Gasteiger partial charge in [-0.25, -0.2) is 15.0 Å². The van der Waals surface area contributed by atoms with Crippen molar-refractivity contribution in [3.05, 3.63) is 42.4 Å². The van der Waals surface area contributed by atoms with Gasteiger partial charge < -0.3 is 19.9 Å². The summed E-state index contributed by atoms with van der Waals surface area (Å²) in [6, 6.07) is 5.90. The molecule has 1 aliphatic carbocycles. The van der Waals surface area contributed by atoms with Gasteiger partial charge in [-0.2, -0.15) is 0 Å². The molecule has 8 nitrogen and oxygen atoms in total. The van der Waals surface area contributed by atoms with Gasteiger partial charge in [0.2, 0.25) is 11.8 Å². The monoisotopic (exact) mass is 409 g/mol. The lowest BCUT2D eigenvalue weighted by atomic mass is 9.98. The lowest BCUT2D eigenvalue weighted by molar-refractivity contribution is 0.148. The summed E-state index contributed by atoms with van der Waals surface area (Å²) in [5, 5.41) is 3.46. The van der Waals surface area contributed by atoms with Crippen LogP contribution >= 0.6 is 0 Å². The number of nitrogens with zero attached hydrogens (tertiary/aromatic N) is 6. The van der Waals surface area contributed by atoms with E-state index in [1.807, 2.05) is 25.4 Å². The number of aromatic nitrogens is 3. The Morgan fingerprint density at radius 2 is 1.83 bits per heavy atom. The quantitative estimate of drug-likeness (QED) is 0.600. The van der Waals surface area contributed by atoms with Crippen molar-refractivity contribution >= 4 is 11.9 Å². The van der Waals surface area contributed by atoms with Crippen molar-refractivity contribution in [2.24, 2.45) is 4.99 Å². The molecule has 1 N–H and O–H groups in total. The number of rotatable bonds is 5. The molecule has 0 aromatic carbocycles. The van der Waals surface area contributed by atoms with E-state index in [4.69, 9.17) is 4.74 Å². The number of ether oxygens (including phenoxy) is 1. The SMILES string of the molecule is CN=C(NCc1ccc(OC2CCCCC2)nc1)N1CCN(c2ncccn2)CC1. The molecule has 2 aliphatic rings. The summed E-state index contributed by atoms with van der Waals surface area (Å²) >= 11 is 0. The third-order valence-corrected chi connectivity index (χ3v) is 5.71. The van der Waals surface area contributed by atoms with E-state index in [0.29, 0.717) is 12.6 Å². The Kier molecular flexibility index (Phi) is 6.95. The molecular weight excluding hydrogens is 378 g/mol. The molecule has 3 heterocycles. The van der Waals surface area contributed by atoms with Crippen LogP contribution < -0.4 is 15.0 Å². The Labute approximate surface area is 178 Å². The second kappa shape index (κ2) is 10.2. The van der Waals surface area contributed by atoms with Crippen molar-refractivity contribution < 1.29 is 4.74 Å². The first kappa shape index (κ1) is 20.4. The zero-order valence-corrected chi connectivity index (χ0v) is 17.7. The molecule has 2 aromatic heterocycles. The summed E-state index contributed by atoms with van der Waals surface area (Å²) in [5.74, 6) is 2.43. The van der Waals surface area contributed by atoms with Gasteiger partial charge >= 0.3 is 0 Å². The van der Waals surface area contributed by atoms with Crippen LogP contribution in [0, 0.1) is 0 Å². The van der Waals surface area contributed by atoms with Crippen LogP contribution in [0.5, 0.6) is 5.88 Å². The molecule has 2 aromatic rings. The number of guanidine groups is 1. The smallest absolute Gasteiger partial charge is 0.225 e. The van der Waals surface area contributed by atoms with Crippen LogP contribution in [-0.2, 0) is 6.54 Å². The molecule has 30 heavy (non-hydrogen) atoms. The molecule has 1 aliphatic heterocycles. The summed E-state index contributed by atoms with van der Waals surface area (Å²) in [7, 11) is 1.83. The molecule has 160 valence electrons. The van der Waals surface area contributed by atoms with Crippen LogP contribution in [-0.4, -0.2) is 65.1 Å². The van der Waals surface area contributed by atoms with E-state index in [2.05, 4.69) is 41.1 Å². The van der Waals surface area contributed by atoms with Crippen LogP contribution in [0.3, 0.4) is 0 Å². The predicted octanol–water partition coefficient (Wildman–Crippen LogP) is 2.48. The minimum absolute atomic E-state index is 0.328. The van der Waals surface area contributed by atoms with Crippen molar-refractivity contribution in [2.45, 2.75) is 44.8 Å². The van der Waals surface area contributed by atoms with Crippen molar-refractivity contribution in [1.82, 2.24) is 25.2 Å². The first-order chi connectivity index (χ1) is 14.8. The van der Waals surface area contributed by atoms with Gasteiger partial charge in [0.15, 0.2) is 5.96 Å². The van der Waals surface area contributed by atoms with Gasteiger partial charge in [-0.3, -0.25) is 4.99 Å². The number of piperazine rings is 1. The normalized spacial score (nSPS) is 18.4. The standard InChI is InChI=1S/C22H31N7O/c1-23-21(28-12-14-29(15-13-28)22-24-10-5-11-25-22)27-17-18-8-9-20(26-16-18)30-19-6-3-2-4-7-19/h5,8-11,16,19H,2-4,6-7,12-15,17H2,1H3,(H,23,27). The van der Waals surface area contributed by atoms with Crippen molar-refractivity contribution in [2.75, 3.05) is 38.1 Å². The summed E-state index contributed by atoms with van der Waals surface area (Å²) in [6.07, 6.45) is 11.9. The van der Waals surface area contributed by atoms with E-state index in [1.165, 1.54) is 19.3 Å². The fourth-order valence-electron chi connectivity index (χ4n) is 4.03. The molecule has 1 saturated heterocycles. The van der Waals surface area contributed by atoms with Crippen molar-refractivity contribution in [3.8, 4) is 5.88 Å². The number of hydrogen-bond donors (Lipinski definition) is 1. The molecule has 0 amide bonds. The topological polar surface area (TPSA) is 78.8 Å². The number of hydrogen-bond acceptors (Lipinski definition) is 6. The Morgan fingerprint density at radius 1 is 1.07 bits per heavy atom. The van der Waals surface area contributed by atoms with E-state index in [9.17, 15) is 0 Å². The van der Waals surface area contributed by atoms with E-state index in [1.54, 1.807) is 12.4 Å². The number of anilines is 1. The largest absolute Gasteiger partial charge is 0.474 e. The van der Waals surface area contributed by atoms with Gasteiger partial charge in [-0.15, -0.1) is 0 Å². The zero-order valence-electron chi connectivity index (χ0n) is 17.7. The van der Waals surface area contributed by atoms with Crippen molar-refractivity contribution in [1.29, 1.82) is 0 Å². The van der Waals surface area contributed by atoms with Crippen LogP contribution in [0.1, 0.15) is 37.7 Å². The molecule has 1 saturated carbocycles. The summed E-state index contributed by atoms with van der Waals surface area (Å²) in [4.78, 5) is 22.1. The molecule has 0 spiro atoms. The van der Waals surface area contributed by atoms with Gasteiger partial charge in [0.25, 0.3) is 0 Å². The second-order valence-electron chi connectivity index (χ2n) is 7.81. The van der Waals surface area contributed by atoms with Gasteiger partial charge in [-0.05, 0) is 37.3 Å². The minimum Gasteiger partial charge on any atom is -0.474 e. The van der Waals surface area contributed by atoms with Gasteiger partial charge in [-0.1, -0.05) is 12.5 Å². The Morgan fingerprint density at radius 3 is 2.50 bits per heavy atom. The predicted molar refractivity (Wildman–Crippen MR) is 118 cm³/mol. The third kappa shape index (κ3) is 5.37. The van der Waals surface area contributed by atoms with Crippen molar-refractivity contribution in [3.63, 3.8) is 0 Å². The number of nitrogens with one attached hydrogen (secondary N) is 1. The highest BCUT2D eigenvalue weighted by Crippen LogP contribution is 2.22. The number of pyridine rings is 1. The third-order valence-electron chi connectivity index (χ3n) is 5.71. The molecule has 8 heteroatoms. The maximum Gasteiger partial charge on any atom is 0.225 e. The van der Waals surface area contributed by atoms with Gasteiger partial charge in [0, 0.05) is 64.4 Å². The first-order valence-electron chi connectivity index (χ1n) is 10.9. The summed E-state index contributed by atoms with van der Waals surface area (Å²) in [5.41, 5.74) is 1.11. The highest BCUT2D eigenvalue weighted by Gasteiger charge is 2.21. The highest BCUT2D eigenvalue weighted by atomic mass is 16.5. The summed E-state index contributed by atoms with van der Waals surface area (Å²) < 4.78 is 6.02. The molecular formula is C22H31N7O. The Bertz CT molecular complexity index is 798.